The van der Waals surface area contributed by atoms with Crippen molar-refractivity contribution in [1.29, 1.82) is 0 Å². The van der Waals surface area contributed by atoms with Crippen LogP contribution in [0.5, 0.6) is 5.88 Å². The Morgan fingerprint density at radius 1 is 1.35 bits per heavy atom. The molecule has 0 fully saturated rings. The molecular weight excluding hydrogens is 385 g/mol. The van der Waals surface area contributed by atoms with Gasteiger partial charge in [0.2, 0.25) is 0 Å². The molecule has 0 aliphatic heterocycles. The largest absolute Gasteiger partial charge is 1.00 e. The molecule has 0 aromatic carbocycles. The van der Waals surface area contributed by atoms with E-state index in [9.17, 15) is 0 Å². The first-order chi connectivity index (χ1) is 9.31. The molecule has 2 heterocycles. The number of hydrogen-bond acceptors (Lipinski definition) is 4. The Morgan fingerprint density at radius 2 is 2.20 bits per heavy atom. The Morgan fingerprint density at radius 3 is 2.95 bits per heavy atom. The predicted octanol–water partition coefficient (Wildman–Crippen LogP) is -0.231. The van der Waals surface area contributed by atoms with Crippen molar-refractivity contribution in [3.8, 4) is 17.1 Å². The number of ether oxygens (including phenoxy) is 1. The molecule has 0 aliphatic carbocycles. The number of pyridine rings is 1. The summed E-state index contributed by atoms with van der Waals surface area (Å²) in [5, 5.41) is 0. The van der Waals surface area contributed by atoms with Crippen molar-refractivity contribution in [2.24, 2.45) is 7.05 Å². The summed E-state index contributed by atoms with van der Waals surface area (Å²) < 4.78 is 16.2. The van der Waals surface area contributed by atoms with Gasteiger partial charge in [0, 0.05) is 6.07 Å². The number of aryl methyl sites for hydroxylation is 1. The average Bonchev–Trinajstić information content (AvgIpc) is 2.87. The minimum atomic E-state index is 0. The Balaban J connectivity index is 0.00000200. The van der Waals surface area contributed by atoms with Crippen molar-refractivity contribution in [1.82, 2.24) is 8.75 Å². The van der Waals surface area contributed by atoms with Crippen LogP contribution in [0.15, 0.2) is 36.7 Å². The number of nitrogens with zero attached hydrogens (tertiary/aromatic N) is 3. The van der Waals surface area contributed by atoms with E-state index in [2.05, 4.69) is 27.8 Å². The second-order valence-corrected chi connectivity index (χ2v) is 4.72. The monoisotopic (exact) mass is 403 g/mol. The summed E-state index contributed by atoms with van der Waals surface area (Å²) in [6, 6.07) is 4.00. The fraction of sp³-hybridized carbons (Fsp3) is 0.357. The van der Waals surface area contributed by atoms with Crippen molar-refractivity contribution >= 4 is 11.7 Å². The molecule has 0 atom stereocenters. The van der Waals surface area contributed by atoms with Crippen LogP contribution in [0.3, 0.4) is 0 Å². The van der Waals surface area contributed by atoms with Crippen LogP contribution in [0, 0.1) is 0 Å². The third-order valence-corrected chi connectivity index (χ3v) is 3.11. The van der Waals surface area contributed by atoms with E-state index in [0.717, 1.165) is 24.1 Å². The summed E-state index contributed by atoms with van der Waals surface area (Å²) >= 11 is 1.18. The van der Waals surface area contributed by atoms with Crippen LogP contribution in [0.2, 0.25) is 0 Å². The van der Waals surface area contributed by atoms with Gasteiger partial charge in [-0.2, -0.15) is 4.37 Å². The van der Waals surface area contributed by atoms with Crippen LogP contribution in [-0.4, -0.2) is 15.4 Å². The Bertz CT molecular complexity index is 557. The van der Waals surface area contributed by atoms with Crippen LogP contribution in [0.4, 0.5) is 0 Å². The summed E-state index contributed by atoms with van der Waals surface area (Å²) in [7, 11) is 1.99. The average molecular weight is 403 g/mol. The van der Waals surface area contributed by atoms with Gasteiger partial charge >= 0.3 is 0 Å². The van der Waals surface area contributed by atoms with Gasteiger partial charge in [-0.25, -0.2) is 4.57 Å². The van der Waals surface area contributed by atoms with E-state index in [0.29, 0.717) is 12.5 Å². The molecule has 108 valence electrons. The van der Waals surface area contributed by atoms with Crippen molar-refractivity contribution in [2.75, 3.05) is 6.61 Å². The first-order valence-corrected chi connectivity index (χ1v) is 7.10. The lowest BCUT2D eigenvalue weighted by atomic mass is 10.2. The summed E-state index contributed by atoms with van der Waals surface area (Å²) in [5.74, 6) is 0.626. The number of aromatic nitrogens is 3. The van der Waals surface area contributed by atoms with Gasteiger partial charge < -0.3 is 28.7 Å². The molecule has 2 rings (SSSR count). The lowest BCUT2D eigenvalue weighted by Crippen LogP contribution is -3.00. The van der Waals surface area contributed by atoms with Crippen LogP contribution in [0.25, 0.3) is 11.3 Å². The van der Waals surface area contributed by atoms with Crippen molar-refractivity contribution < 1.29 is 33.3 Å². The van der Waals surface area contributed by atoms with E-state index in [-0.39, 0.29) is 24.0 Å². The first-order valence-electron chi connectivity index (χ1n) is 6.37. The molecule has 0 saturated heterocycles. The van der Waals surface area contributed by atoms with Crippen LogP contribution in [0.1, 0.15) is 19.8 Å². The summed E-state index contributed by atoms with van der Waals surface area (Å²) in [6.07, 6.45) is 10.2. The smallest absolute Gasteiger partial charge is 0.254 e. The normalized spacial score (nSPS) is 10.5. The van der Waals surface area contributed by atoms with Gasteiger partial charge in [-0.05, 0) is 18.9 Å². The minimum Gasteiger partial charge on any atom is -1.00 e. The van der Waals surface area contributed by atoms with E-state index in [1.165, 1.54) is 11.7 Å². The second-order valence-electron chi connectivity index (χ2n) is 4.19. The molecule has 0 unspecified atom stereocenters. The molecule has 0 bridgehead atoms. The van der Waals surface area contributed by atoms with E-state index >= 15 is 0 Å². The Hall–Kier alpha value is -1.02. The van der Waals surface area contributed by atoms with Crippen molar-refractivity contribution in [3.05, 3.63) is 36.7 Å². The van der Waals surface area contributed by atoms with E-state index < -0.39 is 0 Å². The summed E-state index contributed by atoms with van der Waals surface area (Å²) in [4.78, 5) is 0. The van der Waals surface area contributed by atoms with Gasteiger partial charge in [-0.15, -0.1) is 4.37 Å². The lowest BCUT2D eigenvalue weighted by Gasteiger charge is -2.02. The third kappa shape index (κ3) is 4.82. The van der Waals surface area contributed by atoms with Gasteiger partial charge in [0.15, 0.2) is 18.1 Å². The van der Waals surface area contributed by atoms with Gasteiger partial charge in [0.05, 0.1) is 23.9 Å². The molecular formula is C14H18IN3OS. The maximum absolute atomic E-state index is 5.69. The highest BCUT2D eigenvalue weighted by atomic mass is 127. The van der Waals surface area contributed by atoms with E-state index in [1.807, 2.05) is 36.1 Å². The first kappa shape index (κ1) is 17.0. The molecule has 0 spiro atoms. The Kier molecular flexibility index (Phi) is 7.68. The highest BCUT2D eigenvalue weighted by Crippen LogP contribution is 2.26. The number of hydrogen-bond donors (Lipinski definition) is 0. The lowest BCUT2D eigenvalue weighted by molar-refractivity contribution is -0.671. The van der Waals surface area contributed by atoms with Crippen LogP contribution in [-0.2, 0) is 7.05 Å². The zero-order valence-electron chi connectivity index (χ0n) is 11.6. The summed E-state index contributed by atoms with van der Waals surface area (Å²) in [5.41, 5.74) is 1.85. The molecule has 0 amide bonds. The maximum Gasteiger partial charge on any atom is 0.254 e. The number of rotatable bonds is 6. The van der Waals surface area contributed by atoms with Crippen LogP contribution < -0.4 is 33.3 Å². The molecule has 6 heteroatoms. The minimum absolute atomic E-state index is 0. The molecule has 20 heavy (non-hydrogen) atoms. The molecule has 0 aliphatic rings. The summed E-state index contributed by atoms with van der Waals surface area (Å²) in [6.45, 7) is 2.75. The molecule has 0 N–H and O–H groups in total. The molecule has 2 aromatic rings. The van der Waals surface area contributed by atoms with E-state index in [4.69, 9.17) is 4.74 Å². The van der Waals surface area contributed by atoms with Gasteiger partial charge in [-0.1, -0.05) is 19.1 Å². The molecule has 2 aromatic heterocycles. The maximum atomic E-state index is 5.69. The fourth-order valence-corrected chi connectivity index (χ4v) is 2.21. The second kappa shape index (κ2) is 9.02. The standard InChI is InChI=1S/C14H18N3OS.HI/c1-3-4-5-6-10-18-14-13(15-19-16-14)12-8-7-9-17(2)11-12;/h4-5,7-9,11H,3,6,10H2,1-2H3;1H/q+1;/p-1/b5-4-;. The highest BCUT2D eigenvalue weighted by molar-refractivity contribution is 6.99. The van der Waals surface area contributed by atoms with Crippen LogP contribution >= 0.6 is 11.7 Å². The van der Waals surface area contributed by atoms with Gasteiger partial charge in [-0.3, -0.25) is 0 Å². The zero-order valence-corrected chi connectivity index (χ0v) is 14.6. The molecule has 4 nitrogen and oxygen atoms in total. The molecule has 0 saturated carbocycles. The topological polar surface area (TPSA) is 38.9 Å². The van der Waals surface area contributed by atoms with E-state index in [1.54, 1.807) is 0 Å². The third-order valence-electron chi connectivity index (χ3n) is 2.60. The predicted molar refractivity (Wildman–Crippen MR) is 76.1 cm³/mol. The number of allylic oxidation sites excluding steroid dienone is 1. The zero-order chi connectivity index (χ0) is 13.5. The SMILES string of the molecule is CC/C=C\CCOc1nsnc1-c1ccc[n+](C)c1.[I-]. The number of halogens is 1. The highest BCUT2D eigenvalue weighted by Gasteiger charge is 2.13. The fourth-order valence-electron chi connectivity index (χ4n) is 1.69. The van der Waals surface area contributed by atoms with Gasteiger partial charge in [0.25, 0.3) is 5.88 Å². The quantitative estimate of drug-likeness (QED) is 0.290. The van der Waals surface area contributed by atoms with Crippen molar-refractivity contribution in [2.45, 2.75) is 19.8 Å². The Labute approximate surface area is 140 Å². The molecule has 0 radical (unpaired) electrons. The van der Waals surface area contributed by atoms with Crippen molar-refractivity contribution in [3.63, 3.8) is 0 Å². The van der Waals surface area contributed by atoms with Gasteiger partial charge in [0.1, 0.15) is 7.05 Å².